The minimum atomic E-state index is 0.150. The molecule has 8 heteroatoms. The third kappa shape index (κ3) is 3.14. The predicted octanol–water partition coefficient (Wildman–Crippen LogP) is 1.30. The van der Waals surface area contributed by atoms with Crippen LogP contribution in [-0.2, 0) is 0 Å². The number of aromatic nitrogens is 4. The van der Waals surface area contributed by atoms with E-state index in [0.717, 1.165) is 25.7 Å². The Morgan fingerprint density at radius 2 is 1.40 bits per heavy atom. The molecule has 2 unspecified atom stereocenters. The molecule has 1 fully saturated rings. The van der Waals surface area contributed by atoms with Gasteiger partial charge in [0.05, 0.1) is 24.5 Å². The highest BCUT2D eigenvalue weighted by molar-refractivity contribution is 5.77. The molecule has 20 heavy (non-hydrogen) atoms. The summed E-state index contributed by atoms with van der Waals surface area (Å²) >= 11 is 0. The van der Waals surface area contributed by atoms with Crippen molar-refractivity contribution in [3.05, 3.63) is 23.9 Å². The van der Waals surface area contributed by atoms with Gasteiger partial charge in [-0.2, -0.15) is 0 Å². The van der Waals surface area contributed by atoms with E-state index in [1.54, 1.807) is 12.4 Å². The van der Waals surface area contributed by atoms with Gasteiger partial charge in [-0.3, -0.25) is 9.98 Å². The van der Waals surface area contributed by atoms with Crippen LogP contribution in [0.1, 0.15) is 37.1 Å². The van der Waals surface area contributed by atoms with E-state index < -0.39 is 0 Å². The van der Waals surface area contributed by atoms with Crippen LogP contribution in [0.4, 0.5) is 0 Å². The highest BCUT2D eigenvalue weighted by Crippen LogP contribution is 2.23. The smallest absolute Gasteiger partial charge is 0.153 e. The van der Waals surface area contributed by atoms with Crippen LogP contribution in [0.2, 0.25) is 0 Å². The minimum Gasteiger partial charge on any atom is -0.345 e. The van der Waals surface area contributed by atoms with E-state index in [-0.39, 0.29) is 12.1 Å². The quantitative estimate of drug-likeness (QED) is 0.778. The molecular formula is C12H14N6O2. The molecule has 2 aromatic heterocycles. The number of aliphatic imine (C=N–C) groups is 2. The second kappa shape index (κ2) is 6.18. The van der Waals surface area contributed by atoms with Gasteiger partial charge in [-0.05, 0) is 12.8 Å². The Morgan fingerprint density at radius 1 is 0.900 bits per heavy atom. The summed E-state index contributed by atoms with van der Waals surface area (Å²) in [6, 6.07) is 0.299. The van der Waals surface area contributed by atoms with Gasteiger partial charge in [0, 0.05) is 10.5 Å². The Hall–Kier alpha value is -2.38. The van der Waals surface area contributed by atoms with Gasteiger partial charge >= 0.3 is 0 Å². The Morgan fingerprint density at radius 3 is 1.80 bits per heavy atom. The molecule has 1 aliphatic rings. The van der Waals surface area contributed by atoms with Gasteiger partial charge in [-0.15, -0.1) is 10.2 Å². The van der Waals surface area contributed by atoms with Crippen LogP contribution in [0.15, 0.2) is 31.6 Å². The summed E-state index contributed by atoms with van der Waals surface area (Å²) in [7, 11) is 0. The zero-order chi connectivity index (χ0) is 13.6. The monoisotopic (exact) mass is 274 g/mol. The molecule has 0 bridgehead atoms. The number of hydrogen-bond donors (Lipinski definition) is 0. The molecular weight excluding hydrogens is 260 g/mol. The third-order valence-corrected chi connectivity index (χ3v) is 3.24. The van der Waals surface area contributed by atoms with Crippen molar-refractivity contribution in [2.24, 2.45) is 9.98 Å². The summed E-state index contributed by atoms with van der Waals surface area (Å²) in [6.07, 6.45) is 10.7. The summed E-state index contributed by atoms with van der Waals surface area (Å²) < 4.78 is 9.34. The molecule has 3 rings (SSSR count). The van der Waals surface area contributed by atoms with E-state index in [1.165, 1.54) is 12.5 Å². The lowest BCUT2D eigenvalue weighted by atomic mass is 9.91. The summed E-state index contributed by atoms with van der Waals surface area (Å²) in [4.78, 5) is 9.09. The molecule has 1 aliphatic carbocycles. The van der Waals surface area contributed by atoms with Crippen LogP contribution in [0, 0.1) is 0 Å². The number of nitrogens with zero attached hydrogens (tertiary/aromatic N) is 6. The Bertz CT molecular complexity index is 511. The third-order valence-electron chi connectivity index (χ3n) is 3.24. The van der Waals surface area contributed by atoms with E-state index in [1.807, 2.05) is 0 Å². The first-order valence-corrected chi connectivity index (χ1v) is 6.52. The molecule has 0 aliphatic heterocycles. The molecule has 0 amide bonds. The predicted molar refractivity (Wildman–Crippen MR) is 69.8 cm³/mol. The van der Waals surface area contributed by atoms with Gasteiger partial charge < -0.3 is 9.05 Å². The Balaban J connectivity index is 1.67. The lowest BCUT2D eigenvalue weighted by Gasteiger charge is -2.25. The lowest BCUT2D eigenvalue weighted by Crippen LogP contribution is -2.27. The number of rotatable bonds is 4. The molecule has 2 aromatic rings. The molecule has 0 aromatic carbocycles. The fraction of sp³-hybridized carbons (Fsp3) is 0.500. The SMILES string of the molecule is C(=N\C1CCCCC1/N=C/c1conn1)/c1conn1. The zero-order valence-electron chi connectivity index (χ0n) is 10.8. The standard InChI is InChI=1S/C12H14N6O2/c1-2-4-12(14-6-10-8-20-18-16-10)11(3-1)13-5-9-7-19-17-15-9/h5-8,11-12H,1-4H2/b13-5+,14-6+. The van der Waals surface area contributed by atoms with Crippen LogP contribution in [0.5, 0.6) is 0 Å². The summed E-state index contributed by atoms with van der Waals surface area (Å²) in [6.45, 7) is 0. The Kier molecular flexibility index (Phi) is 3.91. The first-order chi connectivity index (χ1) is 9.92. The Labute approximate surface area is 114 Å². The van der Waals surface area contributed by atoms with E-state index >= 15 is 0 Å². The van der Waals surface area contributed by atoms with E-state index in [4.69, 9.17) is 0 Å². The second-order valence-electron chi connectivity index (χ2n) is 4.64. The maximum atomic E-state index is 4.67. The number of hydrogen-bond acceptors (Lipinski definition) is 8. The van der Waals surface area contributed by atoms with Gasteiger partial charge in [0.2, 0.25) is 0 Å². The van der Waals surface area contributed by atoms with Crippen molar-refractivity contribution in [3.8, 4) is 0 Å². The van der Waals surface area contributed by atoms with Crippen molar-refractivity contribution in [3.63, 3.8) is 0 Å². The van der Waals surface area contributed by atoms with E-state index in [0.29, 0.717) is 11.4 Å². The van der Waals surface area contributed by atoms with Crippen molar-refractivity contribution < 1.29 is 9.05 Å². The summed E-state index contributed by atoms with van der Waals surface area (Å²) in [5.74, 6) is 0. The average Bonchev–Trinajstić information content (AvgIpc) is 3.17. The van der Waals surface area contributed by atoms with Gasteiger partial charge in [-0.25, -0.2) is 0 Å². The molecule has 0 radical (unpaired) electrons. The lowest BCUT2D eigenvalue weighted by molar-refractivity contribution is 0.390. The van der Waals surface area contributed by atoms with E-state index in [9.17, 15) is 0 Å². The topological polar surface area (TPSA) is 103 Å². The normalized spacial score (nSPS) is 23.8. The minimum absolute atomic E-state index is 0.150. The van der Waals surface area contributed by atoms with Crippen molar-refractivity contribution in [1.82, 2.24) is 20.7 Å². The van der Waals surface area contributed by atoms with Gasteiger partial charge in [-0.1, -0.05) is 12.8 Å². The van der Waals surface area contributed by atoms with Crippen molar-refractivity contribution in [1.29, 1.82) is 0 Å². The average molecular weight is 274 g/mol. The van der Waals surface area contributed by atoms with Crippen LogP contribution >= 0.6 is 0 Å². The molecule has 2 heterocycles. The second-order valence-corrected chi connectivity index (χ2v) is 4.64. The largest absolute Gasteiger partial charge is 0.345 e. The maximum absolute atomic E-state index is 4.67. The van der Waals surface area contributed by atoms with Crippen LogP contribution < -0.4 is 0 Å². The highest BCUT2D eigenvalue weighted by atomic mass is 16.5. The van der Waals surface area contributed by atoms with Crippen molar-refractivity contribution in [2.45, 2.75) is 37.8 Å². The van der Waals surface area contributed by atoms with E-state index in [2.05, 4.69) is 39.8 Å². The fourth-order valence-electron chi connectivity index (χ4n) is 2.24. The van der Waals surface area contributed by atoms with Crippen LogP contribution in [0.25, 0.3) is 0 Å². The molecule has 0 spiro atoms. The van der Waals surface area contributed by atoms with Gasteiger partial charge in [0.15, 0.2) is 12.5 Å². The van der Waals surface area contributed by atoms with Crippen LogP contribution in [0.3, 0.4) is 0 Å². The van der Waals surface area contributed by atoms with Crippen molar-refractivity contribution >= 4 is 12.4 Å². The fourth-order valence-corrected chi connectivity index (χ4v) is 2.24. The summed E-state index contributed by atoms with van der Waals surface area (Å²) in [5.41, 5.74) is 1.25. The zero-order valence-corrected chi connectivity index (χ0v) is 10.8. The van der Waals surface area contributed by atoms with Crippen LogP contribution in [-0.4, -0.2) is 45.3 Å². The molecule has 0 saturated heterocycles. The molecule has 0 N–H and O–H groups in total. The molecule has 2 atom stereocenters. The van der Waals surface area contributed by atoms with Crippen molar-refractivity contribution in [2.75, 3.05) is 0 Å². The highest BCUT2D eigenvalue weighted by Gasteiger charge is 2.23. The molecule has 1 saturated carbocycles. The van der Waals surface area contributed by atoms with Gasteiger partial charge in [0.1, 0.15) is 11.4 Å². The first-order valence-electron chi connectivity index (χ1n) is 6.52. The van der Waals surface area contributed by atoms with Gasteiger partial charge in [0.25, 0.3) is 0 Å². The molecule has 8 nitrogen and oxygen atoms in total. The summed E-state index contributed by atoms with van der Waals surface area (Å²) in [5, 5.41) is 14.4. The molecule has 104 valence electrons. The first kappa shape index (κ1) is 12.6. The maximum Gasteiger partial charge on any atom is 0.153 e.